The maximum Gasteiger partial charge on any atom is 0.355 e. The fourth-order valence-electron chi connectivity index (χ4n) is 1.89. The molecular formula is C11H12N4O2. The van der Waals surface area contributed by atoms with Gasteiger partial charge in [0.15, 0.2) is 11.5 Å². The lowest BCUT2D eigenvalue weighted by molar-refractivity contribution is 0.0685. The van der Waals surface area contributed by atoms with E-state index in [2.05, 4.69) is 15.1 Å². The molecule has 6 heteroatoms. The molecule has 2 aromatic heterocycles. The molecule has 0 atom stereocenters. The number of rotatable bonds is 3. The van der Waals surface area contributed by atoms with Crippen molar-refractivity contribution in [1.82, 2.24) is 19.6 Å². The second kappa shape index (κ2) is 3.51. The molecule has 2 heterocycles. The molecule has 0 spiro atoms. The van der Waals surface area contributed by atoms with Gasteiger partial charge in [-0.1, -0.05) is 6.92 Å². The Morgan fingerprint density at radius 1 is 1.59 bits per heavy atom. The molecule has 3 rings (SSSR count). The Morgan fingerprint density at radius 3 is 2.94 bits per heavy atom. The zero-order valence-electron chi connectivity index (χ0n) is 9.42. The van der Waals surface area contributed by atoms with E-state index in [1.54, 1.807) is 6.20 Å². The van der Waals surface area contributed by atoms with Crippen molar-refractivity contribution in [2.45, 2.75) is 32.1 Å². The van der Waals surface area contributed by atoms with Gasteiger partial charge in [0.2, 0.25) is 0 Å². The SMILES string of the molecule is CCc1cnc2nc(C3CC3)nn2c1C(=O)O. The van der Waals surface area contributed by atoms with Gasteiger partial charge in [-0.15, -0.1) is 5.10 Å². The molecule has 17 heavy (non-hydrogen) atoms. The van der Waals surface area contributed by atoms with Crippen molar-refractivity contribution in [2.75, 3.05) is 0 Å². The second-order valence-corrected chi connectivity index (χ2v) is 4.25. The topological polar surface area (TPSA) is 80.4 Å². The molecule has 88 valence electrons. The second-order valence-electron chi connectivity index (χ2n) is 4.25. The van der Waals surface area contributed by atoms with Gasteiger partial charge in [-0.2, -0.15) is 9.50 Å². The van der Waals surface area contributed by atoms with Crippen molar-refractivity contribution in [3.63, 3.8) is 0 Å². The van der Waals surface area contributed by atoms with Gasteiger partial charge in [-0.3, -0.25) is 0 Å². The third-order valence-corrected chi connectivity index (χ3v) is 2.98. The van der Waals surface area contributed by atoms with E-state index >= 15 is 0 Å². The van der Waals surface area contributed by atoms with Crippen LogP contribution in [0, 0.1) is 0 Å². The number of aromatic nitrogens is 4. The molecule has 0 radical (unpaired) electrons. The molecule has 1 saturated carbocycles. The largest absolute Gasteiger partial charge is 0.476 e. The minimum absolute atomic E-state index is 0.178. The van der Waals surface area contributed by atoms with Crippen molar-refractivity contribution in [2.24, 2.45) is 0 Å². The quantitative estimate of drug-likeness (QED) is 0.861. The highest BCUT2D eigenvalue weighted by Gasteiger charge is 2.29. The lowest BCUT2D eigenvalue weighted by atomic mass is 10.2. The predicted molar refractivity (Wildman–Crippen MR) is 59.1 cm³/mol. The summed E-state index contributed by atoms with van der Waals surface area (Å²) in [7, 11) is 0. The van der Waals surface area contributed by atoms with Crippen LogP contribution in [0.2, 0.25) is 0 Å². The Hall–Kier alpha value is -1.98. The Kier molecular flexibility index (Phi) is 2.10. The average Bonchev–Trinajstić information content (AvgIpc) is 3.07. The van der Waals surface area contributed by atoms with E-state index in [4.69, 9.17) is 0 Å². The Balaban J connectivity index is 2.26. The summed E-state index contributed by atoms with van der Waals surface area (Å²) in [5.74, 6) is 0.500. The molecule has 0 amide bonds. The van der Waals surface area contributed by atoms with E-state index in [1.165, 1.54) is 4.52 Å². The Bertz CT molecular complexity index is 601. The molecule has 0 saturated heterocycles. The standard InChI is InChI=1S/C11H12N4O2/c1-2-6-5-12-11-13-9(7-3-4-7)14-15(11)8(6)10(16)17/h5,7H,2-4H2,1H3,(H,16,17). The summed E-state index contributed by atoms with van der Waals surface area (Å²) in [5.41, 5.74) is 0.856. The van der Waals surface area contributed by atoms with Crippen molar-refractivity contribution < 1.29 is 9.90 Å². The summed E-state index contributed by atoms with van der Waals surface area (Å²) in [6, 6.07) is 0. The number of nitrogens with zero attached hydrogens (tertiary/aromatic N) is 4. The molecular weight excluding hydrogens is 220 g/mol. The first-order valence-corrected chi connectivity index (χ1v) is 5.68. The zero-order chi connectivity index (χ0) is 12.0. The third kappa shape index (κ3) is 1.56. The van der Waals surface area contributed by atoms with Crippen LogP contribution in [0.25, 0.3) is 5.78 Å². The van der Waals surface area contributed by atoms with Gasteiger partial charge >= 0.3 is 5.97 Å². The lowest BCUT2D eigenvalue weighted by Gasteiger charge is -2.03. The van der Waals surface area contributed by atoms with Gasteiger partial charge in [0.1, 0.15) is 0 Å². The smallest absolute Gasteiger partial charge is 0.355 e. The molecule has 1 aliphatic carbocycles. The van der Waals surface area contributed by atoms with E-state index in [0.717, 1.165) is 12.8 Å². The van der Waals surface area contributed by atoms with Gasteiger partial charge in [-0.05, 0) is 19.3 Å². The molecule has 1 aliphatic rings. The Morgan fingerprint density at radius 2 is 2.35 bits per heavy atom. The summed E-state index contributed by atoms with van der Waals surface area (Å²) in [6.45, 7) is 1.90. The van der Waals surface area contributed by atoms with Crippen LogP contribution in [0.1, 0.15) is 47.6 Å². The zero-order valence-corrected chi connectivity index (χ0v) is 9.42. The van der Waals surface area contributed by atoms with E-state index in [-0.39, 0.29) is 5.69 Å². The molecule has 0 unspecified atom stereocenters. The minimum atomic E-state index is -0.985. The minimum Gasteiger partial charge on any atom is -0.476 e. The van der Waals surface area contributed by atoms with Crippen LogP contribution in [-0.2, 0) is 6.42 Å². The number of fused-ring (bicyclic) bond motifs is 1. The normalized spacial score (nSPS) is 15.4. The lowest BCUT2D eigenvalue weighted by Crippen LogP contribution is -2.11. The first-order chi connectivity index (χ1) is 8.20. The fourth-order valence-corrected chi connectivity index (χ4v) is 1.89. The van der Waals surface area contributed by atoms with Crippen LogP contribution in [0.3, 0.4) is 0 Å². The summed E-state index contributed by atoms with van der Waals surface area (Å²) >= 11 is 0. The van der Waals surface area contributed by atoms with Crippen molar-refractivity contribution in [3.05, 3.63) is 23.3 Å². The average molecular weight is 232 g/mol. The summed E-state index contributed by atoms with van der Waals surface area (Å²) < 4.78 is 1.36. The van der Waals surface area contributed by atoms with Crippen LogP contribution >= 0.6 is 0 Å². The van der Waals surface area contributed by atoms with Crippen molar-refractivity contribution >= 4 is 11.7 Å². The van der Waals surface area contributed by atoms with Crippen LogP contribution < -0.4 is 0 Å². The highest BCUT2D eigenvalue weighted by molar-refractivity contribution is 5.87. The maximum atomic E-state index is 11.3. The molecule has 0 aromatic carbocycles. The highest BCUT2D eigenvalue weighted by atomic mass is 16.4. The van der Waals surface area contributed by atoms with Gasteiger partial charge in [0.25, 0.3) is 5.78 Å². The van der Waals surface area contributed by atoms with Crippen LogP contribution in [0.15, 0.2) is 6.20 Å². The van der Waals surface area contributed by atoms with Gasteiger partial charge in [-0.25, -0.2) is 9.78 Å². The first kappa shape index (κ1) is 10.2. The number of carbonyl (C=O) groups is 1. The molecule has 2 aromatic rings. The summed E-state index contributed by atoms with van der Waals surface area (Å²) in [5, 5.41) is 13.5. The highest BCUT2D eigenvalue weighted by Crippen LogP contribution is 2.38. The number of aryl methyl sites for hydroxylation is 1. The maximum absolute atomic E-state index is 11.3. The number of hydrogen-bond donors (Lipinski definition) is 1. The van der Waals surface area contributed by atoms with Crippen molar-refractivity contribution in [1.29, 1.82) is 0 Å². The predicted octanol–water partition coefficient (Wildman–Crippen LogP) is 1.26. The molecule has 0 aliphatic heterocycles. The van der Waals surface area contributed by atoms with E-state index in [0.29, 0.717) is 29.5 Å². The van der Waals surface area contributed by atoms with Gasteiger partial charge in [0.05, 0.1) is 0 Å². The van der Waals surface area contributed by atoms with Gasteiger partial charge < -0.3 is 5.11 Å². The van der Waals surface area contributed by atoms with Gasteiger partial charge in [0, 0.05) is 17.7 Å². The van der Waals surface area contributed by atoms with E-state index in [1.807, 2.05) is 6.92 Å². The molecule has 1 N–H and O–H groups in total. The number of carboxylic acids is 1. The molecule has 6 nitrogen and oxygen atoms in total. The van der Waals surface area contributed by atoms with Crippen LogP contribution in [0.4, 0.5) is 0 Å². The Labute approximate surface area is 97.3 Å². The molecule has 0 bridgehead atoms. The summed E-state index contributed by atoms with van der Waals surface area (Å²) in [4.78, 5) is 19.7. The van der Waals surface area contributed by atoms with Crippen molar-refractivity contribution in [3.8, 4) is 0 Å². The number of aromatic carboxylic acids is 1. The van der Waals surface area contributed by atoms with Crippen LogP contribution in [-0.4, -0.2) is 30.7 Å². The monoisotopic (exact) mass is 232 g/mol. The molecule has 1 fully saturated rings. The van der Waals surface area contributed by atoms with E-state index < -0.39 is 5.97 Å². The third-order valence-electron chi connectivity index (χ3n) is 2.98. The number of carboxylic acid groups (broad SMARTS) is 1. The fraction of sp³-hybridized carbons (Fsp3) is 0.455. The first-order valence-electron chi connectivity index (χ1n) is 5.68. The van der Waals surface area contributed by atoms with E-state index in [9.17, 15) is 9.90 Å². The van der Waals surface area contributed by atoms with Crippen LogP contribution in [0.5, 0.6) is 0 Å². The summed E-state index contributed by atoms with van der Waals surface area (Å²) in [6.07, 6.45) is 4.35. The number of hydrogen-bond acceptors (Lipinski definition) is 4.